The molecule has 2 heterocycles. The van der Waals surface area contributed by atoms with E-state index in [2.05, 4.69) is 39.4 Å². The van der Waals surface area contributed by atoms with Gasteiger partial charge < -0.3 is 10.2 Å². The molecule has 1 aromatic carbocycles. The number of carbonyl (C=O) groups is 1. The summed E-state index contributed by atoms with van der Waals surface area (Å²) >= 11 is 0. The number of nitrogens with one attached hydrogen (secondary N) is 1. The first kappa shape index (κ1) is 19.0. The lowest BCUT2D eigenvalue weighted by Crippen LogP contribution is -2.29. The predicted octanol–water partition coefficient (Wildman–Crippen LogP) is 3.31. The van der Waals surface area contributed by atoms with E-state index in [9.17, 15) is 4.79 Å². The second kappa shape index (κ2) is 9.24. The molecule has 1 saturated heterocycles. The maximum absolute atomic E-state index is 10.6. The molecule has 1 aromatic heterocycles. The molecule has 5 nitrogen and oxygen atoms in total. The third-order valence-electron chi connectivity index (χ3n) is 5.02. The normalized spacial score (nSPS) is 17.2. The molecule has 0 aliphatic carbocycles. The molecule has 0 atom stereocenters. The number of likely N-dealkylation sites (tertiary alicyclic amines) is 1. The van der Waals surface area contributed by atoms with Gasteiger partial charge in [0.15, 0.2) is 0 Å². The molecule has 1 fully saturated rings. The van der Waals surface area contributed by atoms with Crippen LogP contribution in [0.25, 0.3) is 16.5 Å². The van der Waals surface area contributed by atoms with Crippen LogP contribution in [0.15, 0.2) is 55.2 Å². The van der Waals surface area contributed by atoms with Gasteiger partial charge in [-0.2, -0.15) is 0 Å². The summed E-state index contributed by atoms with van der Waals surface area (Å²) in [5.74, 6) is 0.499. The number of piperidine rings is 1. The zero-order valence-corrected chi connectivity index (χ0v) is 15.9. The number of benzene rings is 1. The second-order valence-corrected chi connectivity index (χ2v) is 6.87. The number of fused-ring (bicyclic) bond motifs is 1. The Labute approximate surface area is 160 Å². The minimum Gasteiger partial charge on any atom is -0.394 e. The molecule has 27 heavy (non-hydrogen) atoms. The standard InChI is InChI=1S/C22H26N4O/c1-23-9-6-17(5-3-4-12-27)19-13-20-15-24-16-25-22(20)21(14-19)18-7-10-26(2)11-8-18/h3-6,9,12-16,18,23H,7-8,10-11H2,1-2H3/b4-3+,9-6-,17-5+. The van der Waals surface area contributed by atoms with Crippen molar-refractivity contribution < 1.29 is 4.79 Å². The highest BCUT2D eigenvalue weighted by Gasteiger charge is 2.21. The van der Waals surface area contributed by atoms with Crippen molar-refractivity contribution in [3.8, 4) is 0 Å². The third-order valence-corrected chi connectivity index (χ3v) is 5.02. The molecular formula is C22H26N4O. The number of allylic oxidation sites excluding steroid dienone is 5. The summed E-state index contributed by atoms with van der Waals surface area (Å²) in [5.41, 5.74) is 4.47. The van der Waals surface area contributed by atoms with Crippen molar-refractivity contribution in [2.24, 2.45) is 0 Å². The molecule has 5 heteroatoms. The van der Waals surface area contributed by atoms with Crippen molar-refractivity contribution in [2.45, 2.75) is 18.8 Å². The zero-order valence-electron chi connectivity index (χ0n) is 15.9. The van der Waals surface area contributed by atoms with E-state index in [4.69, 9.17) is 0 Å². The first-order valence-corrected chi connectivity index (χ1v) is 9.31. The van der Waals surface area contributed by atoms with Crippen LogP contribution in [0.1, 0.15) is 29.9 Å². The maximum Gasteiger partial charge on any atom is 0.142 e. The van der Waals surface area contributed by atoms with E-state index in [-0.39, 0.29) is 0 Å². The highest BCUT2D eigenvalue weighted by atomic mass is 16.1. The van der Waals surface area contributed by atoms with Gasteiger partial charge in [-0.3, -0.25) is 4.79 Å². The third kappa shape index (κ3) is 4.68. The molecule has 140 valence electrons. The summed E-state index contributed by atoms with van der Waals surface area (Å²) < 4.78 is 0. The van der Waals surface area contributed by atoms with Gasteiger partial charge in [-0.05, 0) is 86.1 Å². The quantitative estimate of drug-likeness (QED) is 0.485. The second-order valence-electron chi connectivity index (χ2n) is 6.87. The van der Waals surface area contributed by atoms with Crippen LogP contribution in [0.3, 0.4) is 0 Å². The number of aldehydes is 1. The molecule has 1 aliphatic heterocycles. The fraction of sp³-hybridized carbons (Fsp3) is 0.318. The van der Waals surface area contributed by atoms with Gasteiger partial charge in [0.25, 0.3) is 0 Å². The Morgan fingerprint density at radius 2 is 2.07 bits per heavy atom. The summed E-state index contributed by atoms with van der Waals surface area (Å²) in [6.07, 6.45) is 15.7. The van der Waals surface area contributed by atoms with E-state index in [1.165, 1.54) is 11.6 Å². The van der Waals surface area contributed by atoms with Crippen molar-refractivity contribution >= 4 is 22.8 Å². The van der Waals surface area contributed by atoms with Gasteiger partial charge in [-0.25, -0.2) is 9.97 Å². The number of nitrogens with zero attached hydrogens (tertiary/aromatic N) is 3. The summed E-state index contributed by atoms with van der Waals surface area (Å²) in [7, 11) is 4.04. The first-order valence-electron chi connectivity index (χ1n) is 9.31. The van der Waals surface area contributed by atoms with Crippen LogP contribution in [0.2, 0.25) is 0 Å². The Balaban J connectivity index is 2.09. The average Bonchev–Trinajstić information content (AvgIpc) is 2.70. The molecule has 2 aromatic rings. The average molecular weight is 362 g/mol. The van der Waals surface area contributed by atoms with Crippen LogP contribution in [0.5, 0.6) is 0 Å². The lowest BCUT2D eigenvalue weighted by molar-refractivity contribution is -0.104. The van der Waals surface area contributed by atoms with E-state index in [1.54, 1.807) is 12.4 Å². The van der Waals surface area contributed by atoms with Crippen molar-refractivity contribution in [3.63, 3.8) is 0 Å². The number of rotatable bonds is 6. The van der Waals surface area contributed by atoms with Crippen molar-refractivity contribution in [2.75, 3.05) is 27.2 Å². The highest BCUT2D eigenvalue weighted by molar-refractivity contribution is 5.88. The number of carbonyl (C=O) groups excluding carboxylic acids is 1. The monoisotopic (exact) mass is 362 g/mol. The number of hydrogen-bond acceptors (Lipinski definition) is 5. The zero-order chi connectivity index (χ0) is 19.1. The smallest absolute Gasteiger partial charge is 0.142 e. The summed E-state index contributed by atoms with van der Waals surface area (Å²) in [6, 6.07) is 4.38. The summed E-state index contributed by atoms with van der Waals surface area (Å²) in [5, 5.41) is 4.08. The van der Waals surface area contributed by atoms with Gasteiger partial charge >= 0.3 is 0 Å². The number of hydrogen-bond donors (Lipinski definition) is 1. The van der Waals surface area contributed by atoms with Gasteiger partial charge in [0.1, 0.15) is 12.6 Å². The minimum atomic E-state index is 0.499. The van der Waals surface area contributed by atoms with E-state index < -0.39 is 0 Å². The Kier molecular flexibility index (Phi) is 6.49. The summed E-state index contributed by atoms with van der Waals surface area (Å²) in [4.78, 5) is 21.8. The van der Waals surface area contributed by atoms with Crippen LogP contribution in [-0.2, 0) is 4.79 Å². The fourth-order valence-corrected chi connectivity index (χ4v) is 3.56. The topological polar surface area (TPSA) is 58.1 Å². The molecule has 0 radical (unpaired) electrons. The van der Waals surface area contributed by atoms with E-state index in [0.29, 0.717) is 5.92 Å². The van der Waals surface area contributed by atoms with Crippen molar-refractivity contribution in [1.29, 1.82) is 0 Å². The minimum absolute atomic E-state index is 0.499. The first-order chi connectivity index (χ1) is 13.2. The van der Waals surface area contributed by atoms with Crippen LogP contribution >= 0.6 is 0 Å². The van der Waals surface area contributed by atoms with E-state index in [0.717, 1.165) is 54.3 Å². The maximum atomic E-state index is 10.6. The largest absolute Gasteiger partial charge is 0.394 e. The highest BCUT2D eigenvalue weighted by Crippen LogP contribution is 2.34. The molecule has 3 rings (SSSR count). The van der Waals surface area contributed by atoms with Gasteiger partial charge in [0.05, 0.1) is 5.52 Å². The molecule has 0 saturated carbocycles. The van der Waals surface area contributed by atoms with E-state index in [1.807, 2.05) is 31.6 Å². The van der Waals surface area contributed by atoms with Gasteiger partial charge in [0.2, 0.25) is 0 Å². The van der Waals surface area contributed by atoms with Crippen molar-refractivity contribution in [3.05, 3.63) is 66.3 Å². The van der Waals surface area contributed by atoms with E-state index >= 15 is 0 Å². The molecule has 1 aliphatic rings. The van der Waals surface area contributed by atoms with Crippen LogP contribution in [0.4, 0.5) is 0 Å². The Morgan fingerprint density at radius 1 is 1.26 bits per heavy atom. The molecular weight excluding hydrogens is 336 g/mol. The molecule has 1 N–H and O–H groups in total. The van der Waals surface area contributed by atoms with Crippen LogP contribution < -0.4 is 5.32 Å². The molecule has 0 amide bonds. The fourth-order valence-electron chi connectivity index (χ4n) is 3.56. The summed E-state index contributed by atoms with van der Waals surface area (Å²) in [6.45, 7) is 2.21. The number of aromatic nitrogens is 2. The van der Waals surface area contributed by atoms with Gasteiger partial charge in [-0.1, -0.05) is 12.2 Å². The van der Waals surface area contributed by atoms with Gasteiger partial charge in [0, 0.05) is 18.6 Å². The predicted molar refractivity (Wildman–Crippen MR) is 110 cm³/mol. The molecule has 0 unspecified atom stereocenters. The lowest BCUT2D eigenvalue weighted by atomic mass is 9.86. The molecule has 0 bridgehead atoms. The van der Waals surface area contributed by atoms with Crippen LogP contribution in [0, 0.1) is 0 Å². The van der Waals surface area contributed by atoms with Gasteiger partial charge in [-0.15, -0.1) is 0 Å². The van der Waals surface area contributed by atoms with Crippen molar-refractivity contribution in [1.82, 2.24) is 20.2 Å². The van der Waals surface area contributed by atoms with Crippen LogP contribution in [-0.4, -0.2) is 48.3 Å². The Bertz CT molecular complexity index is 877. The SMILES string of the molecule is CN\C=C/C(=C\C=C\C=O)c1cc(C2CCN(C)CC2)c2ncncc2c1. The lowest BCUT2D eigenvalue weighted by Gasteiger charge is -2.30. The molecule has 0 spiro atoms. The Morgan fingerprint density at radius 3 is 2.81 bits per heavy atom. The Hall–Kier alpha value is -2.79.